The molecule has 0 unspecified atom stereocenters. The number of aromatic nitrogens is 4. The maximum atomic E-state index is 13.1. The van der Waals surface area contributed by atoms with Gasteiger partial charge in [0.25, 0.3) is 0 Å². The van der Waals surface area contributed by atoms with Crippen LogP contribution in [0.1, 0.15) is 31.2 Å². The van der Waals surface area contributed by atoms with Gasteiger partial charge < -0.3 is 4.90 Å². The number of piperidine rings is 1. The number of aryl methyl sites for hydroxylation is 2. The zero-order valence-electron chi connectivity index (χ0n) is 17.2. The van der Waals surface area contributed by atoms with E-state index in [9.17, 15) is 13.2 Å². The first-order valence-corrected chi connectivity index (χ1v) is 11.8. The summed E-state index contributed by atoms with van der Waals surface area (Å²) in [4.78, 5) is 14.9. The van der Waals surface area contributed by atoms with Crippen LogP contribution < -0.4 is 0 Å². The first-order valence-electron chi connectivity index (χ1n) is 9.60. The molecule has 2 aromatic heterocycles. The summed E-state index contributed by atoms with van der Waals surface area (Å²) in [6.07, 6.45) is 4.43. The molecule has 0 spiro atoms. The van der Waals surface area contributed by atoms with Crippen molar-refractivity contribution in [3.8, 4) is 0 Å². The standard InChI is InChI=1S/C18H27BrN6O3S/c1-5-25-16(15(19)9-21-25)12-22(3)18(26)14-7-6-8-24(11-14)29(27,28)17-10-20-23(4)13(17)2/h9-10,14H,5-8,11-12H2,1-4H3/t14-/m1/s1. The first kappa shape index (κ1) is 22.0. The summed E-state index contributed by atoms with van der Waals surface area (Å²) < 4.78 is 31.8. The number of hydrogen-bond acceptors (Lipinski definition) is 5. The Morgan fingerprint density at radius 3 is 2.69 bits per heavy atom. The molecule has 1 saturated heterocycles. The lowest BCUT2D eigenvalue weighted by molar-refractivity contribution is -0.136. The Balaban J connectivity index is 1.73. The minimum absolute atomic E-state index is 0.0523. The molecule has 11 heteroatoms. The van der Waals surface area contributed by atoms with Gasteiger partial charge in [-0.1, -0.05) is 0 Å². The minimum atomic E-state index is -3.67. The molecule has 160 valence electrons. The average molecular weight is 487 g/mol. The van der Waals surface area contributed by atoms with Crippen LogP contribution in [0.25, 0.3) is 0 Å². The van der Waals surface area contributed by atoms with Gasteiger partial charge in [0.15, 0.2) is 0 Å². The molecular formula is C18H27BrN6O3S. The number of nitrogens with zero attached hydrogens (tertiary/aromatic N) is 6. The second-order valence-corrected chi connectivity index (χ2v) is 10.1. The number of hydrogen-bond donors (Lipinski definition) is 0. The van der Waals surface area contributed by atoms with Crippen molar-refractivity contribution < 1.29 is 13.2 Å². The van der Waals surface area contributed by atoms with Gasteiger partial charge >= 0.3 is 0 Å². The second-order valence-electron chi connectivity index (χ2n) is 7.37. The van der Waals surface area contributed by atoms with Crippen LogP contribution in [0.15, 0.2) is 21.8 Å². The van der Waals surface area contributed by atoms with Gasteiger partial charge in [0.05, 0.1) is 40.7 Å². The molecule has 0 saturated carbocycles. The van der Waals surface area contributed by atoms with Gasteiger partial charge in [0.2, 0.25) is 15.9 Å². The molecule has 0 radical (unpaired) electrons. The summed E-state index contributed by atoms with van der Waals surface area (Å²) in [5, 5.41) is 8.33. The van der Waals surface area contributed by atoms with Gasteiger partial charge in [-0.2, -0.15) is 14.5 Å². The first-order chi connectivity index (χ1) is 13.7. The average Bonchev–Trinajstić information content (AvgIpc) is 3.23. The third-order valence-electron chi connectivity index (χ3n) is 5.50. The van der Waals surface area contributed by atoms with Gasteiger partial charge in [0.1, 0.15) is 4.90 Å². The molecular weight excluding hydrogens is 460 g/mol. The monoisotopic (exact) mass is 486 g/mol. The number of sulfonamides is 1. The van der Waals surface area contributed by atoms with Crippen LogP contribution in [-0.2, 0) is 35.0 Å². The van der Waals surface area contributed by atoms with E-state index in [1.807, 2.05) is 11.6 Å². The van der Waals surface area contributed by atoms with Crippen LogP contribution in [0, 0.1) is 12.8 Å². The molecule has 0 N–H and O–H groups in total. The molecule has 2 aromatic rings. The lowest BCUT2D eigenvalue weighted by Gasteiger charge is -2.33. The smallest absolute Gasteiger partial charge is 0.246 e. The fraction of sp³-hybridized carbons (Fsp3) is 0.611. The van der Waals surface area contributed by atoms with Crippen LogP contribution in [0.5, 0.6) is 0 Å². The van der Waals surface area contributed by atoms with Crippen molar-refractivity contribution in [2.45, 2.75) is 44.7 Å². The summed E-state index contributed by atoms with van der Waals surface area (Å²) in [7, 11) is -0.210. The number of carbonyl (C=O) groups is 1. The molecule has 0 aliphatic carbocycles. The van der Waals surface area contributed by atoms with E-state index >= 15 is 0 Å². The van der Waals surface area contributed by atoms with E-state index in [0.29, 0.717) is 38.2 Å². The molecule has 1 aliphatic rings. The van der Waals surface area contributed by atoms with E-state index in [-0.39, 0.29) is 23.3 Å². The Morgan fingerprint density at radius 2 is 2.07 bits per heavy atom. The molecule has 9 nitrogen and oxygen atoms in total. The molecule has 29 heavy (non-hydrogen) atoms. The number of carbonyl (C=O) groups excluding carboxylic acids is 1. The highest BCUT2D eigenvalue weighted by molar-refractivity contribution is 9.10. The molecule has 1 atom stereocenters. The zero-order valence-corrected chi connectivity index (χ0v) is 19.6. The SMILES string of the molecule is CCn1ncc(Br)c1CN(C)C(=O)[C@@H]1CCCN(S(=O)(=O)c2cnn(C)c2C)C1. The van der Waals surface area contributed by atoms with Crippen LogP contribution in [0.2, 0.25) is 0 Å². The number of amides is 1. The largest absolute Gasteiger partial charge is 0.340 e. The molecule has 1 fully saturated rings. The van der Waals surface area contributed by atoms with Crippen LogP contribution in [0.3, 0.4) is 0 Å². The lowest BCUT2D eigenvalue weighted by atomic mass is 9.98. The predicted octanol–water partition coefficient (Wildman–Crippen LogP) is 1.77. The van der Waals surface area contributed by atoms with Crippen molar-refractivity contribution >= 4 is 31.9 Å². The molecule has 0 bridgehead atoms. The summed E-state index contributed by atoms with van der Waals surface area (Å²) in [5.41, 5.74) is 1.52. The topological polar surface area (TPSA) is 93.3 Å². The molecule has 1 aliphatic heterocycles. The molecule has 3 rings (SSSR count). The maximum Gasteiger partial charge on any atom is 0.246 e. The third kappa shape index (κ3) is 4.26. The highest BCUT2D eigenvalue weighted by Gasteiger charge is 2.36. The van der Waals surface area contributed by atoms with Crippen molar-refractivity contribution in [2.24, 2.45) is 13.0 Å². The predicted molar refractivity (Wildman–Crippen MR) is 112 cm³/mol. The highest BCUT2D eigenvalue weighted by atomic mass is 79.9. The van der Waals surface area contributed by atoms with E-state index in [2.05, 4.69) is 26.1 Å². The Hall–Kier alpha value is -1.72. The fourth-order valence-corrected chi connectivity index (χ4v) is 5.80. The molecule has 1 amide bonds. The Labute approximate surface area is 179 Å². The lowest BCUT2D eigenvalue weighted by Crippen LogP contribution is -2.45. The Morgan fingerprint density at radius 1 is 1.34 bits per heavy atom. The summed E-state index contributed by atoms with van der Waals surface area (Å²) in [5.74, 6) is -0.416. The quantitative estimate of drug-likeness (QED) is 0.619. The van der Waals surface area contributed by atoms with Crippen molar-refractivity contribution in [3.05, 3.63) is 28.3 Å². The van der Waals surface area contributed by atoms with E-state index in [1.165, 1.54) is 10.5 Å². The van der Waals surface area contributed by atoms with Crippen molar-refractivity contribution in [1.29, 1.82) is 0 Å². The summed E-state index contributed by atoms with van der Waals surface area (Å²) >= 11 is 3.49. The van der Waals surface area contributed by atoms with Crippen LogP contribution >= 0.6 is 15.9 Å². The Bertz CT molecular complexity index is 999. The minimum Gasteiger partial charge on any atom is -0.340 e. The normalized spacial score (nSPS) is 18.2. The highest BCUT2D eigenvalue weighted by Crippen LogP contribution is 2.27. The zero-order chi connectivity index (χ0) is 21.3. The van der Waals surface area contributed by atoms with Crippen LogP contribution in [-0.4, -0.2) is 63.2 Å². The van der Waals surface area contributed by atoms with Gasteiger partial charge in [-0.05, 0) is 42.6 Å². The number of rotatable bonds is 6. The summed E-state index contributed by atoms with van der Waals surface area (Å²) in [6, 6.07) is 0. The van der Waals surface area contributed by atoms with Gasteiger partial charge in [-0.15, -0.1) is 0 Å². The van der Waals surface area contributed by atoms with E-state index in [0.717, 1.165) is 10.2 Å². The van der Waals surface area contributed by atoms with Crippen molar-refractivity contribution in [2.75, 3.05) is 20.1 Å². The van der Waals surface area contributed by atoms with Crippen LogP contribution in [0.4, 0.5) is 0 Å². The Kier molecular flexibility index (Phi) is 6.49. The number of halogens is 1. The van der Waals surface area contributed by atoms with Gasteiger partial charge in [-0.25, -0.2) is 8.42 Å². The molecule has 0 aromatic carbocycles. The molecule has 3 heterocycles. The van der Waals surface area contributed by atoms with Crippen molar-refractivity contribution in [1.82, 2.24) is 28.8 Å². The summed E-state index contributed by atoms with van der Waals surface area (Å²) in [6.45, 7) is 5.46. The fourth-order valence-electron chi connectivity index (χ4n) is 3.66. The second kappa shape index (κ2) is 8.57. The van der Waals surface area contributed by atoms with E-state index in [4.69, 9.17) is 0 Å². The van der Waals surface area contributed by atoms with Gasteiger partial charge in [-0.3, -0.25) is 14.2 Å². The van der Waals surface area contributed by atoms with E-state index < -0.39 is 10.0 Å². The maximum absolute atomic E-state index is 13.1. The van der Waals surface area contributed by atoms with Gasteiger partial charge in [0, 0.05) is 33.7 Å². The third-order valence-corrected chi connectivity index (χ3v) is 8.13. The van der Waals surface area contributed by atoms with Crippen molar-refractivity contribution in [3.63, 3.8) is 0 Å². The van der Waals surface area contributed by atoms with E-state index in [1.54, 1.807) is 36.8 Å².